The monoisotopic (exact) mass is 452 g/mol. The largest absolute Gasteiger partial charge is 0.490 e. The van der Waals surface area contributed by atoms with Gasteiger partial charge in [0.15, 0.2) is 0 Å². The number of carboxylic acids is 1. The second-order valence-corrected chi connectivity index (χ2v) is 7.19. The van der Waals surface area contributed by atoms with Gasteiger partial charge in [-0.2, -0.15) is 13.2 Å². The van der Waals surface area contributed by atoms with Gasteiger partial charge in [-0.1, -0.05) is 11.3 Å². The van der Waals surface area contributed by atoms with E-state index in [-0.39, 0.29) is 6.10 Å². The lowest BCUT2D eigenvalue weighted by Crippen LogP contribution is -2.39. The second kappa shape index (κ2) is 10.4. The first-order valence-corrected chi connectivity index (χ1v) is 9.81. The fourth-order valence-corrected chi connectivity index (χ4v) is 3.10. The van der Waals surface area contributed by atoms with Crippen molar-refractivity contribution in [1.82, 2.24) is 29.9 Å². The molecule has 4 rings (SSSR count). The minimum absolute atomic E-state index is 0.190. The number of rotatable bonds is 5. The fraction of sp³-hybridized carbons (Fsp3) is 0.400. The van der Waals surface area contributed by atoms with E-state index in [0.717, 1.165) is 37.5 Å². The molecule has 32 heavy (non-hydrogen) atoms. The van der Waals surface area contributed by atoms with Crippen molar-refractivity contribution in [3.8, 4) is 5.69 Å². The number of nitrogens with one attached hydrogen (secondary N) is 1. The summed E-state index contributed by atoms with van der Waals surface area (Å²) in [5.41, 5.74) is 4.54. The molecule has 0 aliphatic carbocycles. The van der Waals surface area contributed by atoms with E-state index in [2.05, 4.69) is 45.7 Å². The van der Waals surface area contributed by atoms with E-state index < -0.39 is 12.1 Å². The van der Waals surface area contributed by atoms with Crippen molar-refractivity contribution in [2.24, 2.45) is 0 Å². The van der Waals surface area contributed by atoms with Gasteiger partial charge in [0.1, 0.15) is 0 Å². The molecule has 3 aromatic rings. The Morgan fingerprint density at radius 2 is 2.16 bits per heavy atom. The van der Waals surface area contributed by atoms with Crippen molar-refractivity contribution in [3.05, 3.63) is 59.9 Å². The average Bonchev–Trinajstić information content (AvgIpc) is 3.42. The van der Waals surface area contributed by atoms with Crippen LogP contribution in [0, 0.1) is 6.92 Å². The number of morpholine rings is 1. The smallest absolute Gasteiger partial charge is 0.475 e. The van der Waals surface area contributed by atoms with Gasteiger partial charge in [-0.25, -0.2) is 14.5 Å². The Hall–Kier alpha value is -3.25. The SMILES string of the molecule is Cc1cc(-n2ccnc2)ccc1Cn1cc(CC2CNCCO2)nn1.O=C(O)C(F)(F)F. The molecule has 172 valence electrons. The first-order chi connectivity index (χ1) is 15.2. The van der Waals surface area contributed by atoms with Crippen molar-refractivity contribution < 1.29 is 27.8 Å². The predicted octanol–water partition coefficient (Wildman–Crippen LogP) is 1.98. The van der Waals surface area contributed by atoms with E-state index in [1.165, 1.54) is 11.1 Å². The molecular weight excluding hydrogens is 429 g/mol. The third-order valence-corrected chi connectivity index (χ3v) is 4.73. The van der Waals surface area contributed by atoms with E-state index in [1.54, 1.807) is 12.5 Å². The summed E-state index contributed by atoms with van der Waals surface area (Å²) in [5.74, 6) is -2.76. The molecule has 0 saturated carbocycles. The molecule has 1 aliphatic heterocycles. The van der Waals surface area contributed by atoms with E-state index in [9.17, 15) is 13.2 Å². The summed E-state index contributed by atoms with van der Waals surface area (Å²) < 4.78 is 41.4. The molecule has 1 atom stereocenters. The highest BCUT2D eigenvalue weighted by molar-refractivity contribution is 5.73. The first kappa shape index (κ1) is 23.4. The third kappa shape index (κ3) is 6.62. The lowest BCUT2D eigenvalue weighted by Gasteiger charge is -2.22. The van der Waals surface area contributed by atoms with Crippen molar-refractivity contribution in [2.45, 2.75) is 32.2 Å². The van der Waals surface area contributed by atoms with Crippen LogP contribution in [-0.2, 0) is 22.5 Å². The lowest BCUT2D eigenvalue weighted by molar-refractivity contribution is -0.192. The number of aromatic nitrogens is 5. The Kier molecular flexibility index (Phi) is 7.59. The average molecular weight is 452 g/mol. The third-order valence-electron chi connectivity index (χ3n) is 4.73. The molecule has 2 N–H and O–H groups in total. The number of hydrogen-bond acceptors (Lipinski definition) is 6. The number of alkyl halides is 3. The van der Waals surface area contributed by atoms with E-state index >= 15 is 0 Å². The van der Waals surface area contributed by atoms with Crippen LogP contribution in [0.1, 0.15) is 16.8 Å². The highest BCUT2D eigenvalue weighted by Crippen LogP contribution is 2.16. The van der Waals surface area contributed by atoms with Gasteiger partial charge in [0, 0.05) is 43.8 Å². The number of aryl methyl sites for hydroxylation is 1. The Balaban J connectivity index is 0.000000360. The van der Waals surface area contributed by atoms with Gasteiger partial charge in [-0.15, -0.1) is 5.10 Å². The van der Waals surface area contributed by atoms with Crippen molar-refractivity contribution in [3.63, 3.8) is 0 Å². The maximum absolute atomic E-state index is 10.6. The maximum Gasteiger partial charge on any atom is 0.490 e. The van der Waals surface area contributed by atoms with Crippen LogP contribution < -0.4 is 5.32 Å². The highest BCUT2D eigenvalue weighted by Gasteiger charge is 2.38. The molecule has 0 spiro atoms. The van der Waals surface area contributed by atoms with E-state index in [4.69, 9.17) is 14.6 Å². The van der Waals surface area contributed by atoms with Gasteiger partial charge in [0.25, 0.3) is 0 Å². The minimum Gasteiger partial charge on any atom is -0.475 e. The van der Waals surface area contributed by atoms with Crippen LogP contribution in [0.25, 0.3) is 5.69 Å². The molecule has 1 aromatic carbocycles. The Labute approximate surface area is 181 Å². The van der Waals surface area contributed by atoms with Gasteiger partial charge in [-0.3, -0.25) is 0 Å². The molecule has 1 fully saturated rings. The quantitative estimate of drug-likeness (QED) is 0.610. The van der Waals surface area contributed by atoms with Gasteiger partial charge < -0.3 is 19.7 Å². The number of carboxylic acid groups (broad SMARTS) is 1. The Morgan fingerprint density at radius 1 is 1.38 bits per heavy atom. The van der Waals surface area contributed by atoms with Gasteiger partial charge in [-0.05, 0) is 30.2 Å². The Bertz CT molecular complexity index is 1010. The molecule has 1 saturated heterocycles. The van der Waals surface area contributed by atoms with Crippen LogP contribution in [0.5, 0.6) is 0 Å². The lowest BCUT2D eigenvalue weighted by atomic mass is 10.1. The summed E-state index contributed by atoms with van der Waals surface area (Å²) in [4.78, 5) is 13.0. The van der Waals surface area contributed by atoms with E-state index in [0.29, 0.717) is 6.54 Å². The predicted molar refractivity (Wildman–Crippen MR) is 107 cm³/mol. The van der Waals surface area contributed by atoms with Crippen molar-refractivity contribution >= 4 is 5.97 Å². The number of carbonyl (C=O) groups is 1. The summed E-state index contributed by atoms with van der Waals surface area (Å²) in [6.45, 7) is 5.41. The molecule has 0 amide bonds. The van der Waals surface area contributed by atoms with Crippen molar-refractivity contribution in [2.75, 3.05) is 19.7 Å². The molecule has 1 unspecified atom stereocenters. The van der Waals surface area contributed by atoms with Crippen LogP contribution in [-0.4, -0.2) is 67.6 Å². The molecule has 9 nitrogen and oxygen atoms in total. The molecule has 0 bridgehead atoms. The van der Waals surface area contributed by atoms with Crippen LogP contribution in [0.3, 0.4) is 0 Å². The zero-order valence-corrected chi connectivity index (χ0v) is 17.3. The molecule has 12 heteroatoms. The fourth-order valence-electron chi connectivity index (χ4n) is 3.10. The maximum atomic E-state index is 10.6. The van der Waals surface area contributed by atoms with Crippen LogP contribution >= 0.6 is 0 Å². The second-order valence-electron chi connectivity index (χ2n) is 7.19. The summed E-state index contributed by atoms with van der Waals surface area (Å²) in [6, 6.07) is 6.40. The number of aliphatic carboxylic acids is 1. The number of ether oxygens (including phenoxy) is 1. The molecule has 1 aliphatic rings. The number of halogens is 3. The molecular formula is C20H23F3N6O3. The summed E-state index contributed by atoms with van der Waals surface area (Å²) in [5, 5.41) is 19.0. The molecule has 3 heterocycles. The zero-order chi connectivity index (χ0) is 23.1. The van der Waals surface area contributed by atoms with Crippen molar-refractivity contribution in [1.29, 1.82) is 0 Å². The van der Waals surface area contributed by atoms with Crippen LogP contribution in [0.15, 0.2) is 43.1 Å². The topological polar surface area (TPSA) is 107 Å². The summed E-state index contributed by atoms with van der Waals surface area (Å²) in [6.07, 6.45) is 3.45. The first-order valence-electron chi connectivity index (χ1n) is 9.81. The molecule has 2 aromatic heterocycles. The normalized spacial score (nSPS) is 16.3. The van der Waals surface area contributed by atoms with Gasteiger partial charge in [0.05, 0.1) is 31.3 Å². The zero-order valence-electron chi connectivity index (χ0n) is 17.3. The number of hydrogen-bond donors (Lipinski definition) is 2. The van der Waals surface area contributed by atoms with Crippen LogP contribution in [0.2, 0.25) is 0 Å². The summed E-state index contributed by atoms with van der Waals surface area (Å²) >= 11 is 0. The minimum atomic E-state index is -5.08. The number of benzene rings is 1. The van der Waals surface area contributed by atoms with Crippen LogP contribution in [0.4, 0.5) is 13.2 Å². The van der Waals surface area contributed by atoms with E-state index in [1.807, 2.05) is 21.6 Å². The Morgan fingerprint density at radius 3 is 2.75 bits per heavy atom. The highest BCUT2D eigenvalue weighted by atomic mass is 19.4. The van der Waals surface area contributed by atoms with Gasteiger partial charge >= 0.3 is 12.1 Å². The standard InChI is InChI=1S/C18H22N6O.C2HF3O2/c1-14-8-17(23-6-4-20-13-23)3-2-15(14)11-24-12-16(21-22-24)9-18-10-19-5-7-25-18;3-2(4,5)1(6)7/h2-4,6,8,12-13,18-19H,5,7,9-11H2,1H3;(H,6,7). The molecule has 0 radical (unpaired) electrons. The number of nitrogens with zero attached hydrogens (tertiary/aromatic N) is 5. The summed E-state index contributed by atoms with van der Waals surface area (Å²) in [7, 11) is 0. The number of imidazole rings is 1. The van der Waals surface area contributed by atoms with Gasteiger partial charge in [0.2, 0.25) is 0 Å².